The molecule has 60 valence electrons. The molecular formula is C6H13NO3. The summed E-state index contributed by atoms with van der Waals surface area (Å²) in [4.78, 5) is 10.2. The fourth-order valence-corrected chi connectivity index (χ4v) is 0.555. The van der Waals surface area contributed by atoms with E-state index in [1.54, 1.807) is 6.92 Å². The van der Waals surface area contributed by atoms with Gasteiger partial charge in [-0.05, 0) is 13.3 Å². The van der Waals surface area contributed by atoms with Crippen molar-refractivity contribution < 1.29 is 14.6 Å². The maximum absolute atomic E-state index is 10.2. The number of carbonyl (C=O) groups is 1. The third-order valence-electron chi connectivity index (χ3n) is 1.31. The summed E-state index contributed by atoms with van der Waals surface area (Å²) in [7, 11) is 1.53. The van der Waals surface area contributed by atoms with Crippen LogP contribution in [0.3, 0.4) is 0 Å². The van der Waals surface area contributed by atoms with Crippen molar-refractivity contribution in [3.05, 3.63) is 0 Å². The molecule has 2 atom stereocenters. The number of methoxy groups -OCH3 is 1. The van der Waals surface area contributed by atoms with E-state index in [4.69, 9.17) is 15.6 Å². The van der Waals surface area contributed by atoms with Crippen LogP contribution < -0.4 is 5.73 Å². The molecule has 0 heterocycles. The van der Waals surface area contributed by atoms with Crippen LogP contribution in [-0.2, 0) is 9.53 Å². The first-order valence-corrected chi connectivity index (χ1v) is 3.09. The SMILES string of the molecule is COC(C)CC(N)C(=O)O. The molecule has 0 aromatic heterocycles. The summed E-state index contributed by atoms with van der Waals surface area (Å²) < 4.78 is 4.83. The normalized spacial score (nSPS) is 16.3. The molecule has 10 heavy (non-hydrogen) atoms. The van der Waals surface area contributed by atoms with E-state index in [1.165, 1.54) is 7.11 Å². The van der Waals surface area contributed by atoms with Crippen molar-refractivity contribution in [3.63, 3.8) is 0 Å². The summed E-state index contributed by atoms with van der Waals surface area (Å²) in [5, 5.41) is 8.35. The van der Waals surface area contributed by atoms with Crippen LogP contribution in [0.4, 0.5) is 0 Å². The largest absolute Gasteiger partial charge is 0.480 e. The van der Waals surface area contributed by atoms with Crippen molar-refractivity contribution in [2.24, 2.45) is 5.73 Å². The number of hydrogen-bond acceptors (Lipinski definition) is 3. The van der Waals surface area contributed by atoms with Gasteiger partial charge in [0.05, 0.1) is 6.10 Å². The summed E-state index contributed by atoms with van der Waals surface area (Å²) >= 11 is 0. The van der Waals surface area contributed by atoms with Gasteiger partial charge in [-0.25, -0.2) is 0 Å². The van der Waals surface area contributed by atoms with Crippen LogP contribution in [0.5, 0.6) is 0 Å². The zero-order valence-corrected chi connectivity index (χ0v) is 6.20. The molecule has 0 amide bonds. The minimum atomic E-state index is -0.982. The minimum Gasteiger partial charge on any atom is -0.480 e. The molecule has 0 aliphatic rings. The van der Waals surface area contributed by atoms with E-state index in [2.05, 4.69) is 0 Å². The topological polar surface area (TPSA) is 72.5 Å². The lowest BCUT2D eigenvalue weighted by Crippen LogP contribution is -2.33. The highest BCUT2D eigenvalue weighted by atomic mass is 16.5. The van der Waals surface area contributed by atoms with Gasteiger partial charge < -0.3 is 15.6 Å². The predicted molar refractivity (Wildman–Crippen MR) is 36.7 cm³/mol. The van der Waals surface area contributed by atoms with E-state index in [-0.39, 0.29) is 6.10 Å². The van der Waals surface area contributed by atoms with Gasteiger partial charge in [-0.1, -0.05) is 0 Å². The Hall–Kier alpha value is -0.610. The molecule has 3 N–H and O–H groups in total. The summed E-state index contributed by atoms with van der Waals surface area (Å²) in [6.45, 7) is 1.78. The third-order valence-corrected chi connectivity index (χ3v) is 1.31. The van der Waals surface area contributed by atoms with E-state index in [9.17, 15) is 4.79 Å². The van der Waals surface area contributed by atoms with Gasteiger partial charge >= 0.3 is 5.97 Å². The Labute approximate surface area is 60.0 Å². The monoisotopic (exact) mass is 147 g/mol. The molecule has 2 unspecified atom stereocenters. The van der Waals surface area contributed by atoms with Crippen molar-refractivity contribution >= 4 is 5.97 Å². The molecule has 0 saturated carbocycles. The van der Waals surface area contributed by atoms with Gasteiger partial charge in [-0.3, -0.25) is 4.79 Å². The Morgan fingerprint density at radius 2 is 2.30 bits per heavy atom. The van der Waals surface area contributed by atoms with E-state index >= 15 is 0 Å². The Morgan fingerprint density at radius 3 is 2.60 bits per heavy atom. The van der Waals surface area contributed by atoms with Crippen LogP contribution in [-0.4, -0.2) is 30.3 Å². The number of hydrogen-bond donors (Lipinski definition) is 2. The molecule has 0 saturated heterocycles. The fourth-order valence-electron chi connectivity index (χ4n) is 0.555. The number of carboxylic acids is 1. The van der Waals surface area contributed by atoms with Crippen LogP contribution in [0.25, 0.3) is 0 Å². The van der Waals surface area contributed by atoms with Crippen molar-refractivity contribution in [2.75, 3.05) is 7.11 Å². The Bertz CT molecular complexity index is 116. The number of carboxylic acid groups (broad SMARTS) is 1. The van der Waals surface area contributed by atoms with Crippen LogP contribution >= 0.6 is 0 Å². The average Bonchev–Trinajstić information content (AvgIpc) is 1.87. The first-order chi connectivity index (χ1) is 4.57. The second-order valence-corrected chi connectivity index (χ2v) is 2.23. The predicted octanol–water partition coefficient (Wildman–Crippen LogP) is -0.177. The molecule has 0 spiro atoms. The summed E-state index contributed by atoms with van der Waals surface area (Å²) in [6.07, 6.45) is 0.261. The van der Waals surface area contributed by atoms with Crippen molar-refractivity contribution in [2.45, 2.75) is 25.5 Å². The molecule has 0 rings (SSSR count). The summed E-state index contributed by atoms with van der Waals surface area (Å²) in [5.41, 5.74) is 5.21. The number of aliphatic carboxylic acids is 1. The maximum atomic E-state index is 10.2. The van der Waals surface area contributed by atoms with Gasteiger partial charge in [0, 0.05) is 7.11 Å². The van der Waals surface area contributed by atoms with Gasteiger partial charge in [0.2, 0.25) is 0 Å². The highest BCUT2D eigenvalue weighted by molar-refractivity contribution is 5.73. The van der Waals surface area contributed by atoms with Crippen LogP contribution in [0.1, 0.15) is 13.3 Å². The number of rotatable bonds is 4. The fraction of sp³-hybridized carbons (Fsp3) is 0.833. The van der Waals surface area contributed by atoms with Gasteiger partial charge in [0.25, 0.3) is 0 Å². The second-order valence-electron chi connectivity index (χ2n) is 2.23. The van der Waals surface area contributed by atoms with Gasteiger partial charge in [0.15, 0.2) is 0 Å². The molecule has 0 aromatic carbocycles. The molecule has 0 aliphatic heterocycles. The zero-order chi connectivity index (χ0) is 8.15. The van der Waals surface area contributed by atoms with E-state index in [1.807, 2.05) is 0 Å². The lowest BCUT2D eigenvalue weighted by Gasteiger charge is -2.11. The zero-order valence-electron chi connectivity index (χ0n) is 6.20. The molecule has 4 heteroatoms. The van der Waals surface area contributed by atoms with Gasteiger partial charge in [-0.15, -0.1) is 0 Å². The second kappa shape index (κ2) is 4.24. The van der Waals surface area contributed by atoms with Crippen LogP contribution in [0, 0.1) is 0 Å². The highest BCUT2D eigenvalue weighted by Crippen LogP contribution is 1.98. The smallest absolute Gasteiger partial charge is 0.320 e. The quantitative estimate of drug-likeness (QED) is 0.578. The van der Waals surface area contributed by atoms with E-state index in [0.29, 0.717) is 6.42 Å². The molecule has 0 aromatic rings. The van der Waals surface area contributed by atoms with Crippen LogP contribution in [0.2, 0.25) is 0 Å². The summed E-state index contributed by atoms with van der Waals surface area (Å²) in [5.74, 6) is -0.982. The van der Waals surface area contributed by atoms with E-state index < -0.39 is 12.0 Å². The molecule has 4 nitrogen and oxygen atoms in total. The number of nitrogens with two attached hydrogens (primary N) is 1. The molecule has 0 fully saturated rings. The first kappa shape index (κ1) is 9.39. The Balaban J connectivity index is 3.56. The standard InChI is InChI=1S/C6H13NO3/c1-4(10-2)3-5(7)6(8)9/h4-5H,3,7H2,1-2H3,(H,8,9). The van der Waals surface area contributed by atoms with Crippen LogP contribution in [0.15, 0.2) is 0 Å². The van der Waals surface area contributed by atoms with Crippen molar-refractivity contribution in [1.29, 1.82) is 0 Å². The number of ether oxygens (including phenoxy) is 1. The van der Waals surface area contributed by atoms with E-state index in [0.717, 1.165) is 0 Å². The van der Waals surface area contributed by atoms with Gasteiger partial charge in [0.1, 0.15) is 6.04 Å². The lowest BCUT2D eigenvalue weighted by molar-refractivity contribution is -0.139. The van der Waals surface area contributed by atoms with Gasteiger partial charge in [-0.2, -0.15) is 0 Å². The third kappa shape index (κ3) is 3.42. The molecule has 0 radical (unpaired) electrons. The molecule has 0 aliphatic carbocycles. The lowest BCUT2D eigenvalue weighted by atomic mass is 10.1. The molecule has 0 bridgehead atoms. The average molecular weight is 147 g/mol. The Morgan fingerprint density at radius 1 is 1.80 bits per heavy atom. The first-order valence-electron chi connectivity index (χ1n) is 3.09. The minimum absolute atomic E-state index is 0.0916. The van der Waals surface area contributed by atoms with Crippen molar-refractivity contribution in [3.8, 4) is 0 Å². The van der Waals surface area contributed by atoms with Crippen molar-refractivity contribution in [1.82, 2.24) is 0 Å². The highest BCUT2D eigenvalue weighted by Gasteiger charge is 2.14. The Kier molecular flexibility index (Phi) is 3.99. The summed E-state index contributed by atoms with van der Waals surface area (Å²) in [6, 6.07) is -0.810. The maximum Gasteiger partial charge on any atom is 0.320 e. The molecular weight excluding hydrogens is 134 g/mol.